The largest absolute Gasteiger partial charge is 0.468 e. The third-order valence-corrected chi connectivity index (χ3v) is 4.60. The molecule has 0 aromatic carbocycles. The van der Waals surface area contributed by atoms with E-state index < -0.39 is 17.4 Å². The van der Waals surface area contributed by atoms with Crippen LogP contribution in [0.5, 0.6) is 0 Å². The molecule has 5 heteroatoms. The van der Waals surface area contributed by atoms with Gasteiger partial charge >= 0.3 is 11.9 Å². The molecule has 124 valence electrons. The summed E-state index contributed by atoms with van der Waals surface area (Å²) < 4.78 is 10.7. The van der Waals surface area contributed by atoms with E-state index in [-0.39, 0.29) is 0 Å². The van der Waals surface area contributed by atoms with Crippen molar-refractivity contribution in [2.75, 3.05) is 18.6 Å². The molecule has 0 radical (unpaired) electrons. The average Bonchev–Trinajstić information content (AvgIpc) is 2.51. The highest BCUT2D eigenvalue weighted by atomic mass is 127. The molecule has 0 N–H and O–H groups in total. The van der Waals surface area contributed by atoms with Gasteiger partial charge in [-0.1, -0.05) is 67.5 Å². The van der Waals surface area contributed by atoms with Crippen LogP contribution in [0.3, 0.4) is 0 Å². The maximum atomic E-state index is 11.8. The minimum atomic E-state index is -1.16. The van der Waals surface area contributed by atoms with Gasteiger partial charge in [0.05, 0.1) is 14.2 Å². The van der Waals surface area contributed by atoms with Gasteiger partial charge in [0.15, 0.2) is 5.41 Å². The summed E-state index contributed by atoms with van der Waals surface area (Å²) >= 11 is 2.42. The van der Waals surface area contributed by atoms with Crippen LogP contribution >= 0.6 is 22.6 Å². The predicted octanol–water partition coefficient (Wildman–Crippen LogP) is 4.28. The Balaban J connectivity index is 3.90. The smallest absolute Gasteiger partial charge is 0.322 e. The van der Waals surface area contributed by atoms with Gasteiger partial charge in [-0.15, -0.1) is 0 Å². The van der Waals surface area contributed by atoms with Gasteiger partial charge in [-0.3, -0.25) is 9.59 Å². The molecule has 0 saturated carbocycles. The zero-order valence-corrected chi connectivity index (χ0v) is 15.7. The molecular formula is C16H29IO4. The molecule has 0 saturated heterocycles. The molecule has 0 amide bonds. The molecule has 0 fully saturated rings. The number of halogens is 1. The molecule has 0 heterocycles. The Morgan fingerprint density at radius 3 is 1.57 bits per heavy atom. The summed E-state index contributed by atoms with van der Waals surface area (Å²) in [5.74, 6) is -1.01. The zero-order chi connectivity index (χ0) is 16.1. The standard InChI is InChI=1S/C16H29IO4/c1-16(14(18)20-2,15(19)21-3)12-10-8-6-4-5-7-9-11-13-17/h4-13H2,1-3H3. The predicted molar refractivity (Wildman–Crippen MR) is 92.6 cm³/mol. The second-order valence-electron chi connectivity index (χ2n) is 5.58. The highest BCUT2D eigenvalue weighted by Crippen LogP contribution is 2.28. The van der Waals surface area contributed by atoms with E-state index in [2.05, 4.69) is 22.6 Å². The number of esters is 2. The van der Waals surface area contributed by atoms with Crippen molar-refractivity contribution in [3.05, 3.63) is 0 Å². The average molecular weight is 412 g/mol. The van der Waals surface area contributed by atoms with E-state index in [1.165, 1.54) is 50.8 Å². The normalized spacial score (nSPS) is 11.2. The van der Waals surface area contributed by atoms with Gasteiger partial charge < -0.3 is 9.47 Å². The first-order valence-electron chi connectivity index (χ1n) is 7.75. The maximum Gasteiger partial charge on any atom is 0.322 e. The molecule has 0 rings (SSSR count). The van der Waals surface area contributed by atoms with Crippen molar-refractivity contribution < 1.29 is 19.1 Å². The summed E-state index contributed by atoms with van der Waals surface area (Å²) in [5, 5.41) is 0. The van der Waals surface area contributed by atoms with Crippen LogP contribution in [-0.4, -0.2) is 30.6 Å². The number of carbonyl (C=O) groups is 2. The maximum absolute atomic E-state index is 11.8. The number of carbonyl (C=O) groups excluding carboxylic acids is 2. The van der Waals surface area contributed by atoms with Gasteiger partial charge in [0.1, 0.15) is 0 Å². The number of alkyl halides is 1. The molecule has 0 aliphatic rings. The zero-order valence-electron chi connectivity index (χ0n) is 13.6. The Bertz CT molecular complexity index is 289. The van der Waals surface area contributed by atoms with Crippen LogP contribution in [-0.2, 0) is 19.1 Å². The highest BCUT2D eigenvalue weighted by molar-refractivity contribution is 14.1. The van der Waals surface area contributed by atoms with Crippen molar-refractivity contribution >= 4 is 34.5 Å². The van der Waals surface area contributed by atoms with Gasteiger partial charge in [-0.05, 0) is 24.2 Å². The van der Waals surface area contributed by atoms with Crippen molar-refractivity contribution in [1.29, 1.82) is 0 Å². The SMILES string of the molecule is COC(=O)C(C)(CCCCCCCCCCI)C(=O)OC. The Hall–Kier alpha value is -0.330. The van der Waals surface area contributed by atoms with Gasteiger partial charge in [0, 0.05) is 0 Å². The lowest BCUT2D eigenvalue weighted by Gasteiger charge is -2.23. The van der Waals surface area contributed by atoms with Crippen LogP contribution in [0.15, 0.2) is 0 Å². The van der Waals surface area contributed by atoms with Crippen LogP contribution in [0.4, 0.5) is 0 Å². The van der Waals surface area contributed by atoms with Crippen molar-refractivity contribution in [2.24, 2.45) is 5.41 Å². The highest BCUT2D eigenvalue weighted by Gasteiger charge is 2.42. The lowest BCUT2D eigenvalue weighted by Crippen LogP contribution is -2.38. The van der Waals surface area contributed by atoms with E-state index in [1.807, 2.05) is 0 Å². The van der Waals surface area contributed by atoms with Crippen LogP contribution in [0.25, 0.3) is 0 Å². The lowest BCUT2D eigenvalue weighted by molar-refractivity contribution is -0.168. The molecule has 0 bridgehead atoms. The topological polar surface area (TPSA) is 52.6 Å². The monoisotopic (exact) mass is 412 g/mol. The van der Waals surface area contributed by atoms with Crippen molar-refractivity contribution in [3.8, 4) is 0 Å². The quantitative estimate of drug-likeness (QED) is 0.158. The fourth-order valence-corrected chi connectivity index (χ4v) is 2.91. The number of hydrogen-bond donors (Lipinski definition) is 0. The van der Waals surface area contributed by atoms with E-state index in [0.717, 1.165) is 19.3 Å². The second kappa shape index (κ2) is 12.2. The molecule has 0 aromatic heterocycles. The van der Waals surface area contributed by atoms with Crippen LogP contribution in [0.1, 0.15) is 64.7 Å². The Kier molecular flexibility index (Phi) is 12.0. The molecule has 0 aromatic rings. The molecule has 0 unspecified atom stereocenters. The summed E-state index contributed by atoms with van der Waals surface area (Å²) in [5.41, 5.74) is -1.16. The Morgan fingerprint density at radius 1 is 0.810 bits per heavy atom. The van der Waals surface area contributed by atoms with Crippen molar-refractivity contribution in [1.82, 2.24) is 0 Å². The third-order valence-electron chi connectivity index (χ3n) is 3.83. The van der Waals surface area contributed by atoms with E-state index in [4.69, 9.17) is 9.47 Å². The second-order valence-corrected chi connectivity index (χ2v) is 6.66. The first kappa shape index (κ1) is 20.7. The van der Waals surface area contributed by atoms with Gasteiger partial charge in [0.25, 0.3) is 0 Å². The van der Waals surface area contributed by atoms with E-state index in [0.29, 0.717) is 6.42 Å². The molecule has 0 aliphatic carbocycles. The molecular weight excluding hydrogens is 383 g/mol. The summed E-state index contributed by atoms with van der Waals surface area (Å²) in [6.45, 7) is 1.61. The first-order valence-corrected chi connectivity index (χ1v) is 9.28. The van der Waals surface area contributed by atoms with Crippen molar-refractivity contribution in [3.63, 3.8) is 0 Å². The summed E-state index contributed by atoms with van der Waals surface area (Å²) in [7, 11) is 2.61. The number of unbranched alkanes of at least 4 members (excludes halogenated alkanes) is 7. The molecule has 0 spiro atoms. The van der Waals surface area contributed by atoms with Gasteiger partial charge in [0.2, 0.25) is 0 Å². The van der Waals surface area contributed by atoms with Crippen LogP contribution < -0.4 is 0 Å². The fourth-order valence-electron chi connectivity index (χ4n) is 2.37. The van der Waals surface area contributed by atoms with Gasteiger partial charge in [-0.2, -0.15) is 0 Å². The molecule has 4 nitrogen and oxygen atoms in total. The minimum Gasteiger partial charge on any atom is -0.468 e. The fraction of sp³-hybridized carbons (Fsp3) is 0.875. The van der Waals surface area contributed by atoms with Crippen molar-refractivity contribution in [2.45, 2.75) is 64.7 Å². The number of ether oxygens (including phenoxy) is 2. The summed E-state index contributed by atoms with van der Waals surface area (Å²) in [4.78, 5) is 23.6. The number of hydrogen-bond acceptors (Lipinski definition) is 4. The lowest BCUT2D eigenvalue weighted by atomic mass is 9.84. The van der Waals surface area contributed by atoms with Gasteiger partial charge in [-0.25, -0.2) is 0 Å². The van der Waals surface area contributed by atoms with E-state index in [9.17, 15) is 9.59 Å². The summed E-state index contributed by atoms with van der Waals surface area (Å²) in [6.07, 6.45) is 9.98. The third kappa shape index (κ3) is 8.02. The number of rotatable bonds is 12. The molecule has 0 atom stereocenters. The van der Waals surface area contributed by atoms with E-state index >= 15 is 0 Å². The first-order chi connectivity index (χ1) is 10.0. The Morgan fingerprint density at radius 2 is 1.19 bits per heavy atom. The minimum absolute atomic E-state index is 0.487. The van der Waals surface area contributed by atoms with E-state index in [1.54, 1.807) is 6.92 Å². The summed E-state index contributed by atoms with van der Waals surface area (Å²) in [6, 6.07) is 0. The number of methoxy groups -OCH3 is 2. The van der Waals surface area contributed by atoms with Crippen LogP contribution in [0.2, 0.25) is 0 Å². The Labute approximate surface area is 142 Å². The molecule has 0 aliphatic heterocycles. The molecule has 21 heavy (non-hydrogen) atoms. The van der Waals surface area contributed by atoms with Crippen LogP contribution in [0, 0.1) is 5.41 Å².